The van der Waals surface area contributed by atoms with Gasteiger partial charge in [0.05, 0.1) is 0 Å². The number of hydrogen-bond acceptors (Lipinski definition) is 4. The van der Waals surface area contributed by atoms with Crippen LogP contribution in [0.1, 0.15) is 35.4 Å². The minimum atomic E-state index is -0.563. The molecule has 1 aliphatic heterocycles. The van der Waals surface area contributed by atoms with Gasteiger partial charge in [-0.25, -0.2) is 14.1 Å². The lowest BCUT2D eigenvalue weighted by Gasteiger charge is -2.26. The first-order chi connectivity index (χ1) is 11.6. The topological polar surface area (TPSA) is 67.2 Å². The highest BCUT2D eigenvalue weighted by atomic mass is 19.1. The van der Waals surface area contributed by atoms with Crippen LogP contribution >= 0.6 is 0 Å². The quantitative estimate of drug-likeness (QED) is 0.932. The summed E-state index contributed by atoms with van der Waals surface area (Å²) in [6.07, 6.45) is 3.14. The number of nitrogens with zero attached hydrogens (tertiary/aromatic N) is 3. The number of rotatable bonds is 3. The SMILES string of the molecule is Cc1cc(=O)c(C(=O)NN2CCCCC2)nn1-c1ccccc1F. The van der Waals surface area contributed by atoms with E-state index in [2.05, 4.69) is 10.5 Å². The molecule has 1 aromatic carbocycles. The largest absolute Gasteiger partial charge is 0.290 e. The fourth-order valence-corrected chi connectivity index (χ4v) is 2.77. The zero-order chi connectivity index (χ0) is 17.1. The Morgan fingerprint density at radius 2 is 1.92 bits per heavy atom. The van der Waals surface area contributed by atoms with Crippen molar-refractivity contribution in [1.29, 1.82) is 0 Å². The third kappa shape index (κ3) is 3.35. The second kappa shape index (κ2) is 6.92. The molecular weight excluding hydrogens is 311 g/mol. The Balaban J connectivity index is 1.94. The maximum atomic E-state index is 14.0. The summed E-state index contributed by atoms with van der Waals surface area (Å²) in [4.78, 5) is 24.5. The first kappa shape index (κ1) is 16.3. The fourth-order valence-electron chi connectivity index (χ4n) is 2.77. The van der Waals surface area contributed by atoms with Crippen LogP contribution in [-0.2, 0) is 0 Å². The Morgan fingerprint density at radius 1 is 1.21 bits per heavy atom. The summed E-state index contributed by atoms with van der Waals surface area (Å²) in [6.45, 7) is 3.14. The molecule has 7 heteroatoms. The van der Waals surface area contributed by atoms with Crippen LogP contribution in [0.3, 0.4) is 0 Å². The Hall–Kier alpha value is -2.54. The van der Waals surface area contributed by atoms with E-state index < -0.39 is 17.2 Å². The molecule has 0 radical (unpaired) electrons. The summed E-state index contributed by atoms with van der Waals surface area (Å²) < 4.78 is 15.3. The van der Waals surface area contributed by atoms with Crippen LogP contribution in [0.4, 0.5) is 4.39 Å². The molecule has 1 N–H and O–H groups in total. The van der Waals surface area contributed by atoms with Gasteiger partial charge in [-0.05, 0) is 31.9 Å². The number of hydrazine groups is 1. The van der Waals surface area contributed by atoms with E-state index in [1.807, 2.05) is 0 Å². The van der Waals surface area contributed by atoms with Crippen molar-refractivity contribution >= 4 is 5.91 Å². The fraction of sp³-hybridized carbons (Fsp3) is 0.353. The predicted octanol–water partition coefficient (Wildman–Crippen LogP) is 1.81. The summed E-state index contributed by atoms with van der Waals surface area (Å²) >= 11 is 0. The molecule has 2 heterocycles. The van der Waals surface area contributed by atoms with Gasteiger partial charge in [0.15, 0.2) is 5.69 Å². The van der Waals surface area contributed by atoms with E-state index >= 15 is 0 Å². The maximum Gasteiger partial charge on any atom is 0.290 e. The number of hydrogen-bond donors (Lipinski definition) is 1. The second-order valence-corrected chi connectivity index (χ2v) is 5.85. The highest BCUT2D eigenvalue weighted by molar-refractivity contribution is 5.91. The molecule has 0 atom stereocenters. The minimum absolute atomic E-state index is 0.196. The summed E-state index contributed by atoms with van der Waals surface area (Å²) in [7, 11) is 0. The number of halogens is 1. The molecule has 6 nitrogen and oxygen atoms in total. The smallest absolute Gasteiger partial charge is 0.287 e. The maximum absolute atomic E-state index is 14.0. The summed E-state index contributed by atoms with van der Waals surface area (Å²) in [5.74, 6) is -1.04. The summed E-state index contributed by atoms with van der Waals surface area (Å²) in [5, 5.41) is 5.89. The van der Waals surface area contributed by atoms with Gasteiger partial charge < -0.3 is 0 Å². The number of nitrogens with one attached hydrogen (secondary N) is 1. The van der Waals surface area contributed by atoms with Crippen LogP contribution in [0.25, 0.3) is 5.69 Å². The minimum Gasteiger partial charge on any atom is -0.287 e. The lowest BCUT2D eigenvalue weighted by molar-refractivity contribution is 0.0741. The van der Waals surface area contributed by atoms with Crippen molar-refractivity contribution in [2.75, 3.05) is 13.1 Å². The standard InChI is InChI=1S/C17H19FN4O2/c1-12-11-15(23)16(17(24)20-21-9-5-2-6-10-21)19-22(12)14-8-4-3-7-13(14)18/h3-4,7-8,11H,2,5-6,9-10H2,1H3,(H,20,24). The molecule has 3 rings (SSSR count). The zero-order valence-electron chi connectivity index (χ0n) is 13.5. The van der Waals surface area contributed by atoms with Crippen molar-refractivity contribution in [3.8, 4) is 5.69 Å². The van der Waals surface area contributed by atoms with Gasteiger partial charge in [0.2, 0.25) is 5.43 Å². The van der Waals surface area contributed by atoms with E-state index in [-0.39, 0.29) is 11.4 Å². The zero-order valence-corrected chi connectivity index (χ0v) is 13.5. The first-order valence-corrected chi connectivity index (χ1v) is 7.98. The number of aryl methyl sites for hydroxylation is 1. The lowest BCUT2D eigenvalue weighted by Crippen LogP contribution is -2.46. The van der Waals surface area contributed by atoms with Gasteiger partial charge in [0.1, 0.15) is 11.5 Å². The van der Waals surface area contributed by atoms with E-state index in [4.69, 9.17) is 0 Å². The van der Waals surface area contributed by atoms with Crippen LogP contribution in [-0.4, -0.2) is 33.8 Å². The molecule has 126 valence electrons. The van der Waals surface area contributed by atoms with E-state index in [1.54, 1.807) is 30.1 Å². The molecule has 0 saturated carbocycles. The Bertz CT molecular complexity index is 812. The first-order valence-electron chi connectivity index (χ1n) is 7.98. The van der Waals surface area contributed by atoms with E-state index in [0.717, 1.165) is 32.4 Å². The number of amides is 1. The third-order valence-electron chi connectivity index (χ3n) is 4.02. The average molecular weight is 330 g/mol. The second-order valence-electron chi connectivity index (χ2n) is 5.85. The molecule has 1 amide bonds. The van der Waals surface area contributed by atoms with Crippen molar-refractivity contribution in [3.63, 3.8) is 0 Å². The number of carbonyl (C=O) groups is 1. The molecule has 0 bridgehead atoms. The molecule has 1 saturated heterocycles. The van der Waals surface area contributed by atoms with E-state index in [1.165, 1.54) is 16.8 Å². The van der Waals surface area contributed by atoms with Crippen LogP contribution in [0.5, 0.6) is 0 Å². The van der Waals surface area contributed by atoms with Gasteiger partial charge in [0, 0.05) is 24.8 Å². The normalized spacial score (nSPS) is 15.2. The van der Waals surface area contributed by atoms with Crippen LogP contribution in [0.2, 0.25) is 0 Å². The molecule has 0 unspecified atom stereocenters. The summed E-state index contributed by atoms with van der Waals surface area (Å²) in [5.41, 5.74) is 2.65. The van der Waals surface area contributed by atoms with Gasteiger partial charge in [-0.3, -0.25) is 15.0 Å². The van der Waals surface area contributed by atoms with E-state index in [0.29, 0.717) is 5.69 Å². The highest BCUT2D eigenvalue weighted by Crippen LogP contribution is 2.13. The average Bonchev–Trinajstić information content (AvgIpc) is 2.57. The number of aromatic nitrogens is 2. The van der Waals surface area contributed by atoms with E-state index in [9.17, 15) is 14.0 Å². The Labute approximate surface area is 138 Å². The van der Waals surface area contributed by atoms with Gasteiger partial charge in [-0.1, -0.05) is 18.6 Å². The number of carbonyl (C=O) groups excluding carboxylic acids is 1. The molecule has 1 fully saturated rings. The third-order valence-corrected chi connectivity index (χ3v) is 4.02. The molecule has 0 spiro atoms. The van der Waals surface area contributed by atoms with Crippen LogP contribution < -0.4 is 10.9 Å². The molecule has 2 aromatic rings. The number of para-hydroxylation sites is 1. The predicted molar refractivity (Wildman–Crippen MR) is 87.4 cm³/mol. The Kier molecular flexibility index (Phi) is 4.71. The lowest BCUT2D eigenvalue weighted by atomic mass is 10.2. The highest BCUT2D eigenvalue weighted by Gasteiger charge is 2.19. The molecule has 1 aliphatic rings. The van der Waals surface area contributed by atoms with Gasteiger partial charge in [-0.2, -0.15) is 5.10 Å². The number of benzene rings is 1. The van der Waals surface area contributed by atoms with Crippen LogP contribution in [0.15, 0.2) is 35.1 Å². The van der Waals surface area contributed by atoms with Gasteiger partial charge >= 0.3 is 0 Å². The van der Waals surface area contributed by atoms with Crippen molar-refractivity contribution < 1.29 is 9.18 Å². The molecule has 24 heavy (non-hydrogen) atoms. The van der Waals surface area contributed by atoms with Gasteiger partial charge in [0.25, 0.3) is 5.91 Å². The molecule has 1 aromatic heterocycles. The Morgan fingerprint density at radius 3 is 2.62 bits per heavy atom. The van der Waals surface area contributed by atoms with Crippen molar-refractivity contribution in [2.24, 2.45) is 0 Å². The van der Waals surface area contributed by atoms with Crippen molar-refractivity contribution in [2.45, 2.75) is 26.2 Å². The van der Waals surface area contributed by atoms with Gasteiger partial charge in [-0.15, -0.1) is 0 Å². The monoisotopic (exact) mass is 330 g/mol. The summed E-state index contributed by atoms with van der Waals surface area (Å²) in [6, 6.07) is 7.39. The van der Waals surface area contributed by atoms with Crippen molar-refractivity contribution in [1.82, 2.24) is 20.2 Å². The van der Waals surface area contributed by atoms with Crippen molar-refractivity contribution in [3.05, 3.63) is 57.8 Å². The molecule has 0 aliphatic carbocycles. The van der Waals surface area contributed by atoms with Crippen LogP contribution in [0, 0.1) is 12.7 Å². The molecular formula is C17H19FN4O2. The number of piperidine rings is 1.